The number of carbonyl (C=O) groups is 1. The summed E-state index contributed by atoms with van der Waals surface area (Å²) in [5.41, 5.74) is 5.31. The fourth-order valence-electron chi connectivity index (χ4n) is 3.21. The van der Waals surface area contributed by atoms with E-state index < -0.39 is 6.10 Å². The number of methoxy groups -OCH3 is 1. The lowest BCUT2D eigenvalue weighted by Crippen LogP contribution is -2.33. The molecule has 1 amide bonds. The van der Waals surface area contributed by atoms with Gasteiger partial charge in [-0.1, -0.05) is 23.7 Å². The lowest BCUT2D eigenvalue weighted by Gasteiger charge is -2.15. The quantitative estimate of drug-likeness (QED) is 0.385. The highest BCUT2D eigenvalue weighted by Crippen LogP contribution is 2.26. The number of benzene rings is 2. The van der Waals surface area contributed by atoms with E-state index in [0.717, 1.165) is 23.4 Å². The van der Waals surface area contributed by atoms with Gasteiger partial charge in [-0.3, -0.25) is 4.79 Å². The second-order valence-corrected chi connectivity index (χ2v) is 8.05. The van der Waals surface area contributed by atoms with Gasteiger partial charge in [-0.25, -0.2) is 5.43 Å². The number of hydrogen-bond acceptors (Lipinski definition) is 7. The lowest BCUT2D eigenvalue weighted by molar-refractivity contribution is -0.121. The first-order valence-corrected chi connectivity index (χ1v) is 11.3. The van der Waals surface area contributed by atoms with Gasteiger partial charge in [0.1, 0.15) is 30.8 Å². The molecule has 3 rings (SSSR count). The van der Waals surface area contributed by atoms with E-state index in [1.807, 2.05) is 30.3 Å². The molecule has 0 saturated carbocycles. The van der Waals surface area contributed by atoms with Gasteiger partial charge in [-0.2, -0.15) is 5.10 Å². The smallest absolute Gasteiger partial charge is 0.240 e. The molecule has 178 valence electrons. The summed E-state index contributed by atoms with van der Waals surface area (Å²) in [4.78, 5) is 11.2. The van der Waals surface area contributed by atoms with E-state index in [-0.39, 0.29) is 12.5 Å². The van der Waals surface area contributed by atoms with Crippen molar-refractivity contribution in [3.05, 3.63) is 58.6 Å². The van der Waals surface area contributed by atoms with Crippen LogP contribution in [0, 0.1) is 0 Å². The summed E-state index contributed by atoms with van der Waals surface area (Å²) in [5, 5.41) is 17.8. The number of amides is 1. The largest absolute Gasteiger partial charge is 0.491 e. The zero-order valence-corrected chi connectivity index (χ0v) is 19.4. The molecule has 0 aliphatic carbocycles. The predicted octanol–water partition coefficient (Wildman–Crippen LogP) is 2.55. The molecule has 0 spiro atoms. The van der Waals surface area contributed by atoms with E-state index in [1.54, 1.807) is 19.2 Å². The van der Waals surface area contributed by atoms with Crippen LogP contribution in [0.4, 0.5) is 0 Å². The number of nitrogens with one attached hydrogen (secondary N) is 2. The van der Waals surface area contributed by atoms with E-state index in [4.69, 9.17) is 25.8 Å². The molecular weight excluding hydrogens is 446 g/mol. The van der Waals surface area contributed by atoms with E-state index in [0.29, 0.717) is 49.9 Å². The normalized spacial score (nSPS) is 14.4. The maximum atomic E-state index is 11.2. The third kappa shape index (κ3) is 8.33. The molecule has 0 bridgehead atoms. The van der Waals surface area contributed by atoms with Crippen molar-refractivity contribution in [2.45, 2.75) is 25.4 Å². The summed E-state index contributed by atoms with van der Waals surface area (Å²) in [7, 11) is 1.68. The maximum Gasteiger partial charge on any atom is 0.240 e. The molecule has 2 aromatic carbocycles. The van der Waals surface area contributed by atoms with Crippen LogP contribution in [-0.2, 0) is 16.0 Å². The highest BCUT2D eigenvalue weighted by atomic mass is 35.5. The summed E-state index contributed by atoms with van der Waals surface area (Å²) >= 11 is 6.32. The van der Waals surface area contributed by atoms with Crippen LogP contribution in [0.15, 0.2) is 47.6 Å². The van der Waals surface area contributed by atoms with Gasteiger partial charge in [-0.15, -0.1) is 0 Å². The summed E-state index contributed by atoms with van der Waals surface area (Å²) < 4.78 is 16.4. The van der Waals surface area contributed by atoms with Gasteiger partial charge in [0.25, 0.3) is 0 Å². The number of rotatable bonds is 13. The topological polar surface area (TPSA) is 101 Å². The van der Waals surface area contributed by atoms with Gasteiger partial charge in [0.2, 0.25) is 5.91 Å². The average Bonchev–Trinajstić information content (AvgIpc) is 2.83. The number of nitrogens with zero attached hydrogens (tertiary/aromatic N) is 1. The van der Waals surface area contributed by atoms with Crippen molar-refractivity contribution in [2.75, 3.05) is 40.0 Å². The Morgan fingerprint density at radius 1 is 1.15 bits per heavy atom. The molecule has 0 aromatic heterocycles. The third-order valence-corrected chi connectivity index (χ3v) is 5.34. The molecule has 0 radical (unpaired) electrons. The maximum absolute atomic E-state index is 11.2. The summed E-state index contributed by atoms with van der Waals surface area (Å²) in [6.07, 6.45) is 1.21. The Hall–Kier alpha value is -2.65. The summed E-state index contributed by atoms with van der Waals surface area (Å²) in [5.74, 6) is 1.21. The number of aliphatic hydroxyl groups excluding tert-OH is 1. The molecule has 1 aliphatic rings. The van der Waals surface area contributed by atoms with E-state index in [9.17, 15) is 9.90 Å². The highest BCUT2D eigenvalue weighted by Gasteiger charge is 2.14. The summed E-state index contributed by atoms with van der Waals surface area (Å²) in [6.45, 7) is 2.20. The Morgan fingerprint density at radius 2 is 1.97 bits per heavy atom. The second-order valence-electron chi connectivity index (χ2n) is 7.64. The van der Waals surface area contributed by atoms with Crippen LogP contribution in [0.2, 0.25) is 5.02 Å². The molecule has 0 unspecified atom stereocenters. The molecule has 1 atom stereocenters. The van der Waals surface area contributed by atoms with Crippen molar-refractivity contribution in [1.82, 2.24) is 10.7 Å². The number of ether oxygens (including phenoxy) is 3. The minimum absolute atomic E-state index is 0.0821. The first-order valence-electron chi connectivity index (χ1n) is 10.9. The van der Waals surface area contributed by atoms with Gasteiger partial charge in [0.15, 0.2) is 0 Å². The number of hydrogen-bond donors (Lipinski definition) is 3. The van der Waals surface area contributed by atoms with Crippen LogP contribution < -0.4 is 20.2 Å². The zero-order chi connectivity index (χ0) is 23.5. The molecule has 1 heterocycles. The fraction of sp³-hybridized carbons (Fsp3) is 0.417. The van der Waals surface area contributed by atoms with Crippen LogP contribution in [0.5, 0.6) is 11.5 Å². The molecule has 9 heteroatoms. The number of carbonyl (C=O) groups excluding carboxylic acids is 1. The summed E-state index contributed by atoms with van der Waals surface area (Å²) in [6, 6.07) is 13.2. The van der Waals surface area contributed by atoms with Crippen molar-refractivity contribution in [3.8, 4) is 11.5 Å². The number of halogens is 1. The third-order valence-electron chi connectivity index (χ3n) is 5.05. The van der Waals surface area contributed by atoms with Crippen molar-refractivity contribution in [2.24, 2.45) is 5.10 Å². The van der Waals surface area contributed by atoms with Gasteiger partial charge in [0, 0.05) is 33.0 Å². The monoisotopic (exact) mass is 475 g/mol. The van der Waals surface area contributed by atoms with Crippen LogP contribution in [-0.4, -0.2) is 62.8 Å². The van der Waals surface area contributed by atoms with Gasteiger partial charge in [-0.05, 0) is 47.9 Å². The van der Waals surface area contributed by atoms with E-state index >= 15 is 0 Å². The van der Waals surface area contributed by atoms with Gasteiger partial charge in [0.05, 0.1) is 17.3 Å². The zero-order valence-electron chi connectivity index (χ0n) is 18.7. The molecule has 0 fully saturated rings. The first kappa shape index (κ1) is 25.0. The van der Waals surface area contributed by atoms with Gasteiger partial charge >= 0.3 is 0 Å². The minimum atomic E-state index is -0.641. The van der Waals surface area contributed by atoms with Crippen molar-refractivity contribution in [1.29, 1.82) is 0 Å². The minimum Gasteiger partial charge on any atom is -0.491 e. The van der Waals surface area contributed by atoms with Crippen LogP contribution in [0.25, 0.3) is 0 Å². The Labute approximate surface area is 198 Å². The van der Waals surface area contributed by atoms with Crippen LogP contribution >= 0.6 is 11.6 Å². The van der Waals surface area contributed by atoms with Crippen LogP contribution in [0.3, 0.4) is 0 Å². The SMILES string of the molecule is COCCc1ccc(OC[C@@H](O)CNCCOc2ccc(C3=NNC(=O)CC3)cc2Cl)cc1. The molecular formula is C24H30ClN3O5. The number of hydrazone groups is 1. The van der Waals surface area contributed by atoms with Gasteiger partial charge < -0.3 is 24.6 Å². The molecule has 3 N–H and O–H groups in total. The Morgan fingerprint density at radius 3 is 2.67 bits per heavy atom. The number of aliphatic hydroxyl groups is 1. The standard InChI is InChI=1S/C24H30ClN3O5/c1-31-12-10-17-2-5-20(6-3-17)33-16-19(29)15-26-11-13-32-23-8-4-18(14-21(23)25)22-7-9-24(30)28-27-22/h2-6,8,14,19,26,29H,7,9-13,15-16H2,1H3,(H,28,30)/t19-/m0/s1. The van der Waals surface area contributed by atoms with Crippen LogP contribution in [0.1, 0.15) is 24.0 Å². The Balaban J connectivity index is 1.32. The predicted molar refractivity (Wildman–Crippen MR) is 127 cm³/mol. The van der Waals surface area contributed by atoms with Crippen molar-refractivity contribution >= 4 is 23.2 Å². The highest BCUT2D eigenvalue weighted by molar-refractivity contribution is 6.32. The fourth-order valence-corrected chi connectivity index (χ4v) is 3.44. The van der Waals surface area contributed by atoms with E-state index in [2.05, 4.69) is 15.8 Å². The Bertz CT molecular complexity index is 936. The second kappa shape index (κ2) is 13.2. The Kier molecular flexibility index (Phi) is 9.96. The van der Waals surface area contributed by atoms with Crippen molar-refractivity contribution < 1.29 is 24.1 Å². The van der Waals surface area contributed by atoms with E-state index in [1.165, 1.54) is 5.56 Å². The molecule has 1 aliphatic heterocycles. The first-order chi connectivity index (χ1) is 16.0. The molecule has 8 nitrogen and oxygen atoms in total. The molecule has 33 heavy (non-hydrogen) atoms. The molecule has 0 saturated heterocycles. The lowest BCUT2D eigenvalue weighted by atomic mass is 10.0. The average molecular weight is 476 g/mol. The molecule has 2 aromatic rings. The van der Waals surface area contributed by atoms with Crippen molar-refractivity contribution in [3.63, 3.8) is 0 Å².